The summed E-state index contributed by atoms with van der Waals surface area (Å²) in [5.74, 6) is 1.27. The lowest BCUT2D eigenvalue weighted by molar-refractivity contribution is 0.0600. The maximum absolute atomic E-state index is 12.0. The number of ether oxygens (including phenoxy) is 2. The summed E-state index contributed by atoms with van der Waals surface area (Å²) in [7, 11) is 1.40. The Kier molecular flexibility index (Phi) is 4.75. The van der Waals surface area contributed by atoms with Gasteiger partial charge in [-0.25, -0.2) is 4.79 Å². The smallest absolute Gasteiger partial charge is 0.337 e. The molecule has 0 aromatic heterocycles. The van der Waals surface area contributed by atoms with Crippen molar-refractivity contribution in [3.05, 3.63) is 101 Å². The fourth-order valence-corrected chi connectivity index (χ4v) is 3.42. The number of allylic oxidation sites excluding steroid dienone is 1. The molecule has 0 aliphatic heterocycles. The van der Waals surface area contributed by atoms with Crippen molar-refractivity contribution in [1.82, 2.24) is 0 Å². The number of carbonyl (C=O) groups is 1. The minimum Gasteiger partial charge on any atom is -0.465 e. The van der Waals surface area contributed by atoms with Crippen LogP contribution in [0.25, 0.3) is 5.57 Å². The summed E-state index contributed by atoms with van der Waals surface area (Å²) in [5.41, 5.74) is 4.96. The van der Waals surface area contributed by atoms with E-state index in [2.05, 4.69) is 12.1 Å². The van der Waals surface area contributed by atoms with Crippen molar-refractivity contribution in [2.45, 2.75) is 12.8 Å². The minimum atomic E-state index is -0.323. The van der Waals surface area contributed by atoms with E-state index >= 15 is 0 Å². The number of para-hydroxylation sites is 2. The van der Waals surface area contributed by atoms with E-state index < -0.39 is 0 Å². The van der Waals surface area contributed by atoms with Crippen LogP contribution in [0.2, 0.25) is 0 Å². The van der Waals surface area contributed by atoms with Crippen LogP contribution in [0.4, 0.5) is 0 Å². The molecule has 134 valence electrons. The van der Waals surface area contributed by atoms with Crippen LogP contribution in [0.3, 0.4) is 0 Å². The monoisotopic (exact) mass is 356 g/mol. The van der Waals surface area contributed by atoms with Gasteiger partial charge in [0.25, 0.3) is 0 Å². The molecular formula is C24H20O3. The molecule has 3 aromatic rings. The fourth-order valence-electron chi connectivity index (χ4n) is 3.42. The predicted molar refractivity (Wildman–Crippen MR) is 106 cm³/mol. The molecule has 0 fully saturated rings. The Morgan fingerprint density at radius 2 is 1.67 bits per heavy atom. The van der Waals surface area contributed by atoms with E-state index in [1.165, 1.54) is 12.7 Å². The zero-order valence-electron chi connectivity index (χ0n) is 15.1. The van der Waals surface area contributed by atoms with Crippen molar-refractivity contribution in [2.75, 3.05) is 7.11 Å². The number of hydrogen-bond donors (Lipinski definition) is 0. The first-order valence-corrected chi connectivity index (χ1v) is 9.00. The highest BCUT2D eigenvalue weighted by molar-refractivity contribution is 5.93. The molecule has 0 amide bonds. The molecule has 3 aromatic carbocycles. The second-order valence-electron chi connectivity index (χ2n) is 6.43. The maximum Gasteiger partial charge on any atom is 0.337 e. The SMILES string of the molecule is COC(=O)c1ccc2c(c1)C(c1ccccc1Oc1ccccc1)=CCC2. The molecule has 3 nitrogen and oxygen atoms in total. The zero-order chi connectivity index (χ0) is 18.6. The number of fused-ring (bicyclic) bond motifs is 1. The highest BCUT2D eigenvalue weighted by Gasteiger charge is 2.19. The van der Waals surface area contributed by atoms with Gasteiger partial charge in [-0.1, -0.05) is 48.5 Å². The van der Waals surface area contributed by atoms with Gasteiger partial charge in [0.2, 0.25) is 0 Å². The summed E-state index contributed by atoms with van der Waals surface area (Å²) >= 11 is 0. The Bertz CT molecular complexity index is 1000. The van der Waals surface area contributed by atoms with E-state index in [0.717, 1.165) is 41.0 Å². The standard InChI is InChI=1S/C24H20O3/c1-26-24(25)18-15-14-17-8-7-12-20(22(17)16-18)21-11-5-6-13-23(21)27-19-9-3-2-4-10-19/h2-6,9-16H,7-8H2,1H3. The number of aryl methyl sites for hydroxylation is 1. The Morgan fingerprint density at radius 3 is 2.48 bits per heavy atom. The second kappa shape index (κ2) is 7.50. The highest BCUT2D eigenvalue weighted by Crippen LogP contribution is 2.38. The maximum atomic E-state index is 12.0. The van der Waals surface area contributed by atoms with Gasteiger partial charge >= 0.3 is 5.97 Å². The van der Waals surface area contributed by atoms with Crippen molar-refractivity contribution in [3.8, 4) is 11.5 Å². The van der Waals surface area contributed by atoms with Crippen LogP contribution in [0.15, 0.2) is 78.9 Å². The number of carbonyl (C=O) groups excluding carboxylic acids is 1. The lowest BCUT2D eigenvalue weighted by Gasteiger charge is -2.21. The lowest BCUT2D eigenvalue weighted by Crippen LogP contribution is -2.07. The Morgan fingerprint density at radius 1 is 0.889 bits per heavy atom. The van der Waals surface area contributed by atoms with Gasteiger partial charge in [-0.3, -0.25) is 0 Å². The van der Waals surface area contributed by atoms with E-state index in [1.807, 2.05) is 66.7 Å². The third kappa shape index (κ3) is 3.49. The molecule has 0 saturated heterocycles. The fraction of sp³-hybridized carbons (Fsp3) is 0.125. The van der Waals surface area contributed by atoms with E-state index in [1.54, 1.807) is 0 Å². The summed E-state index contributed by atoms with van der Waals surface area (Å²) in [6, 6.07) is 23.5. The first-order chi connectivity index (χ1) is 13.3. The number of benzene rings is 3. The lowest BCUT2D eigenvalue weighted by atomic mass is 9.85. The topological polar surface area (TPSA) is 35.5 Å². The van der Waals surface area contributed by atoms with Crippen molar-refractivity contribution in [1.29, 1.82) is 0 Å². The third-order valence-electron chi connectivity index (χ3n) is 4.73. The van der Waals surface area contributed by atoms with E-state index in [-0.39, 0.29) is 5.97 Å². The molecule has 1 aliphatic carbocycles. The molecule has 27 heavy (non-hydrogen) atoms. The molecule has 0 atom stereocenters. The average Bonchev–Trinajstić information content (AvgIpc) is 2.73. The predicted octanol–water partition coefficient (Wildman–Crippen LogP) is 5.64. The van der Waals surface area contributed by atoms with Crippen LogP contribution in [-0.2, 0) is 11.2 Å². The van der Waals surface area contributed by atoms with Gasteiger partial charge in [-0.15, -0.1) is 0 Å². The molecule has 3 heteroatoms. The molecule has 0 unspecified atom stereocenters. The number of hydrogen-bond acceptors (Lipinski definition) is 3. The van der Waals surface area contributed by atoms with Crippen molar-refractivity contribution in [3.63, 3.8) is 0 Å². The molecular weight excluding hydrogens is 336 g/mol. The largest absolute Gasteiger partial charge is 0.465 e. The first-order valence-electron chi connectivity index (χ1n) is 9.00. The van der Waals surface area contributed by atoms with Crippen LogP contribution in [0, 0.1) is 0 Å². The summed E-state index contributed by atoms with van der Waals surface area (Å²) in [5, 5.41) is 0. The van der Waals surface area contributed by atoms with Gasteiger partial charge in [-0.05, 0) is 59.9 Å². The number of methoxy groups -OCH3 is 1. The first kappa shape index (κ1) is 17.1. The van der Waals surface area contributed by atoms with Crippen LogP contribution in [-0.4, -0.2) is 13.1 Å². The normalized spacial score (nSPS) is 12.7. The molecule has 4 rings (SSSR count). The van der Waals surface area contributed by atoms with Crippen LogP contribution < -0.4 is 4.74 Å². The molecule has 0 radical (unpaired) electrons. The van der Waals surface area contributed by atoms with Gasteiger partial charge in [0.05, 0.1) is 12.7 Å². The van der Waals surface area contributed by atoms with Crippen molar-refractivity contribution >= 4 is 11.5 Å². The summed E-state index contributed by atoms with van der Waals surface area (Å²) in [6.45, 7) is 0. The molecule has 0 heterocycles. The van der Waals surface area contributed by atoms with Crippen LogP contribution in [0.5, 0.6) is 11.5 Å². The Labute approximate surface area is 158 Å². The third-order valence-corrected chi connectivity index (χ3v) is 4.73. The molecule has 0 saturated carbocycles. The quantitative estimate of drug-likeness (QED) is 0.567. The summed E-state index contributed by atoms with van der Waals surface area (Å²) in [4.78, 5) is 12.0. The Hall–Kier alpha value is -3.33. The molecule has 1 aliphatic rings. The second-order valence-corrected chi connectivity index (χ2v) is 6.43. The van der Waals surface area contributed by atoms with Gasteiger partial charge in [-0.2, -0.15) is 0 Å². The van der Waals surface area contributed by atoms with Crippen LogP contribution in [0.1, 0.15) is 33.5 Å². The Balaban J connectivity index is 1.77. The van der Waals surface area contributed by atoms with E-state index in [4.69, 9.17) is 9.47 Å². The summed E-state index contributed by atoms with van der Waals surface area (Å²) < 4.78 is 11.0. The van der Waals surface area contributed by atoms with Crippen molar-refractivity contribution in [2.24, 2.45) is 0 Å². The minimum absolute atomic E-state index is 0.323. The number of rotatable bonds is 4. The number of esters is 1. The molecule has 0 spiro atoms. The van der Waals surface area contributed by atoms with E-state index in [9.17, 15) is 4.79 Å². The van der Waals surface area contributed by atoms with Crippen LogP contribution >= 0.6 is 0 Å². The summed E-state index contributed by atoms with van der Waals surface area (Å²) in [6.07, 6.45) is 4.14. The molecule has 0 bridgehead atoms. The van der Waals surface area contributed by atoms with Crippen molar-refractivity contribution < 1.29 is 14.3 Å². The zero-order valence-corrected chi connectivity index (χ0v) is 15.1. The van der Waals surface area contributed by atoms with Gasteiger partial charge < -0.3 is 9.47 Å². The van der Waals surface area contributed by atoms with Gasteiger partial charge in [0, 0.05) is 5.56 Å². The van der Waals surface area contributed by atoms with Gasteiger partial charge in [0.15, 0.2) is 0 Å². The van der Waals surface area contributed by atoms with E-state index in [0.29, 0.717) is 5.56 Å². The highest BCUT2D eigenvalue weighted by atomic mass is 16.5. The molecule has 0 N–H and O–H groups in total. The average molecular weight is 356 g/mol. The van der Waals surface area contributed by atoms with Gasteiger partial charge in [0.1, 0.15) is 11.5 Å².